The second kappa shape index (κ2) is 7.71. The molecule has 5 nitrogen and oxygen atoms in total. The SMILES string of the molecule is O=C(NCCCOCc1ccco1)c1cc(Cl)ccc1O. The number of carbonyl (C=O) groups excluding carboxylic acids is 1. The highest BCUT2D eigenvalue weighted by atomic mass is 35.5. The van der Waals surface area contributed by atoms with Crippen LogP contribution in [0.25, 0.3) is 0 Å². The lowest BCUT2D eigenvalue weighted by molar-refractivity contribution is 0.0915. The van der Waals surface area contributed by atoms with E-state index in [1.807, 2.05) is 6.07 Å². The van der Waals surface area contributed by atoms with Crippen LogP contribution in [0.1, 0.15) is 22.5 Å². The monoisotopic (exact) mass is 309 g/mol. The van der Waals surface area contributed by atoms with Crippen LogP contribution in [-0.4, -0.2) is 24.2 Å². The predicted molar refractivity (Wildman–Crippen MR) is 78.4 cm³/mol. The van der Waals surface area contributed by atoms with E-state index in [-0.39, 0.29) is 17.2 Å². The Morgan fingerprint density at radius 2 is 2.24 bits per heavy atom. The first kappa shape index (κ1) is 15.4. The molecule has 112 valence electrons. The molecular formula is C15H16ClNO4. The topological polar surface area (TPSA) is 71.7 Å². The fourth-order valence-electron chi connectivity index (χ4n) is 1.73. The van der Waals surface area contributed by atoms with Crippen LogP contribution in [0.3, 0.4) is 0 Å². The van der Waals surface area contributed by atoms with Crippen molar-refractivity contribution < 1.29 is 19.1 Å². The van der Waals surface area contributed by atoms with Crippen molar-refractivity contribution in [1.82, 2.24) is 5.32 Å². The second-order valence-corrected chi connectivity index (χ2v) is 4.84. The van der Waals surface area contributed by atoms with Gasteiger partial charge in [-0.3, -0.25) is 4.79 Å². The number of carbonyl (C=O) groups is 1. The minimum Gasteiger partial charge on any atom is -0.507 e. The molecular weight excluding hydrogens is 294 g/mol. The zero-order valence-corrected chi connectivity index (χ0v) is 12.1. The van der Waals surface area contributed by atoms with Crippen LogP contribution < -0.4 is 5.32 Å². The van der Waals surface area contributed by atoms with Crippen LogP contribution in [0.4, 0.5) is 0 Å². The number of hydrogen-bond donors (Lipinski definition) is 2. The fraction of sp³-hybridized carbons (Fsp3) is 0.267. The Balaban J connectivity index is 1.66. The van der Waals surface area contributed by atoms with E-state index in [0.717, 1.165) is 5.76 Å². The molecule has 0 aliphatic heterocycles. The molecule has 21 heavy (non-hydrogen) atoms. The highest BCUT2D eigenvalue weighted by Gasteiger charge is 2.10. The highest BCUT2D eigenvalue weighted by Crippen LogP contribution is 2.21. The van der Waals surface area contributed by atoms with E-state index in [4.69, 9.17) is 20.8 Å². The molecule has 1 aromatic heterocycles. The molecule has 0 radical (unpaired) electrons. The Hall–Kier alpha value is -1.98. The molecule has 0 atom stereocenters. The third-order valence-electron chi connectivity index (χ3n) is 2.78. The number of phenols is 1. The molecule has 1 amide bonds. The molecule has 0 aliphatic carbocycles. The molecule has 0 fully saturated rings. The number of nitrogens with one attached hydrogen (secondary N) is 1. The average molecular weight is 310 g/mol. The summed E-state index contributed by atoms with van der Waals surface area (Å²) in [6.45, 7) is 1.36. The lowest BCUT2D eigenvalue weighted by atomic mass is 10.2. The number of benzene rings is 1. The summed E-state index contributed by atoms with van der Waals surface area (Å²) in [7, 11) is 0. The molecule has 6 heteroatoms. The van der Waals surface area contributed by atoms with Gasteiger partial charge >= 0.3 is 0 Å². The summed E-state index contributed by atoms with van der Waals surface area (Å²) in [4.78, 5) is 11.9. The van der Waals surface area contributed by atoms with Crippen LogP contribution in [0.15, 0.2) is 41.0 Å². The summed E-state index contributed by atoms with van der Waals surface area (Å²) in [6, 6.07) is 7.99. The van der Waals surface area contributed by atoms with Crippen LogP contribution >= 0.6 is 11.6 Å². The molecule has 1 heterocycles. The van der Waals surface area contributed by atoms with Gasteiger partial charge < -0.3 is 19.6 Å². The Morgan fingerprint density at radius 3 is 3.00 bits per heavy atom. The molecule has 0 aliphatic rings. The quantitative estimate of drug-likeness (QED) is 0.771. The van der Waals surface area contributed by atoms with E-state index in [9.17, 15) is 9.90 Å². The number of amides is 1. The number of furan rings is 1. The molecule has 2 rings (SSSR count). The summed E-state index contributed by atoms with van der Waals surface area (Å²) in [5, 5.41) is 12.7. The van der Waals surface area contributed by atoms with Crippen molar-refractivity contribution in [3.8, 4) is 5.75 Å². The molecule has 0 unspecified atom stereocenters. The number of halogens is 1. The average Bonchev–Trinajstić information content (AvgIpc) is 2.98. The molecule has 0 bridgehead atoms. The Morgan fingerprint density at radius 1 is 1.38 bits per heavy atom. The summed E-state index contributed by atoms with van der Waals surface area (Å²) in [5.41, 5.74) is 0.166. The maximum atomic E-state index is 11.9. The van der Waals surface area contributed by atoms with Crippen LogP contribution in [0.2, 0.25) is 5.02 Å². The number of phenolic OH excluding ortho intramolecular Hbond substituents is 1. The van der Waals surface area contributed by atoms with E-state index in [2.05, 4.69) is 5.32 Å². The Labute approximate surface area is 127 Å². The zero-order valence-electron chi connectivity index (χ0n) is 11.3. The number of rotatable bonds is 7. The van der Waals surface area contributed by atoms with Crippen LogP contribution in [0.5, 0.6) is 5.75 Å². The minimum atomic E-state index is -0.360. The molecule has 2 aromatic rings. The third kappa shape index (κ3) is 4.81. The maximum Gasteiger partial charge on any atom is 0.255 e. The van der Waals surface area contributed by atoms with Crippen molar-refractivity contribution in [2.24, 2.45) is 0 Å². The standard InChI is InChI=1S/C15H16ClNO4/c16-11-4-5-14(18)13(9-11)15(19)17-6-2-7-20-10-12-3-1-8-21-12/h1,3-5,8-9,18H,2,6-7,10H2,(H,17,19). The van der Waals surface area contributed by atoms with E-state index < -0.39 is 0 Å². The van der Waals surface area contributed by atoms with Gasteiger partial charge in [0.1, 0.15) is 18.1 Å². The van der Waals surface area contributed by atoms with E-state index in [0.29, 0.717) is 31.2 Å². The van der Waals surface area contributed by atoms with Gasteiger partial charge in [-0.2, -0.15) is 0 Å². The van der Waals surface area contributed by atoms with Crippen LogP contribution in [0, 0.1) is 0 Å². The summed E-state index contributed by atoms with van der Waals surface area (Å²) < 4.78 is 10.5. The smallest absolute Gasteiger partial charge is 0.255 e. The number of aromatic hydroxyl groups is 1. The zero-order chi connectivity index (χ0) is 15.1. The minimum absolute atomic E-state index is 0.0917. The van der Waals surface area contributed by atoms with Crippen molar-refractivity contribution in [3.63, 3.8) is 0 Å². The summed E-state index contributed by atoms with van der Waals surface area (Å²) in [6.07, 6.45) is 2.25. The fourth-order valence-corrected chi connectivity index (χ4v) is 1.90. The van der Waals surface area contributed by atoms with Gasteiger partial charge in [0.05, 0.1) is 11.8 Å². The predicted octanol–water partition coefficient (Wildman–Crippen LogP) is 2.98. The van der Waals surface area contributed by atoms with Crippen molar-refractivity contribution in [3.05, 3.63) is 52.9 Å². The van der Waals surface area contributed by atoms with Gasteiger partial charge in [-0.15, -0.1) is 0 Å². The van der Waals surface area contributed by atoms with Crippen molar-refractivity contribution >= 4 is 17.5 Å². The van der Waals surface area contributed by atoms with Crippen LogP contribution in [-0.2, 0) is 11.3 Å². The number of hydrogen-bond acceptors (Lipinski definition) is 4. The molecule has 0 saturated carbocycles. The first-order valence-electron chi connectivity index (χ1n) is 6.53. The highest BCUT2D eigenvalue weighted by molar-refractivity contribution is 6.31. The van der Waals surface area contributed by atoms with Gasteiger partial charge in [-0.25, -0.2) is 0 Å². The number of ether oxygens (including phenoxy) is 1. The van der Waals surface area contributed by atoms with E-state index in [1.165, 1.54) is 18.2 Å². The lowest BCUT2D eigenvalue weighted by Crippen LogP contribution is -2.25. The van der Waals surface area contributed by atoms with Crippen molar-refractivity contribution in [2.45, 2.75) is 13.0 Å². The molecule has 0 spiro atoms. The van der Waals surface area contributed by atoms with E-state index in [1.54, 1.807) is 12.3 Å². The normalized spacial score (nSPS) is 10.5. The Kier molecular flexibility index (Phi) is 5.66. The van der Waals surface area contributed by atoms with Gasteiger partial charge in [0.15, 0.2) is 0 Å². The first-order valence-corrected chi connectivity index (χ1v) is 6.91. The van der Waals surface area contributed by atoms with Gasteiger partial charge in [0.2, 0.25) is 0 Å². The lowest BCUT2D eigenvalue weighted by Gasteiger charge is -2.07. The second-order valence-electron chi connectivity index (χ2n) is 4.40. The van der Waals surface area contributed by atoms with Gasteiger partial charge in [-0.05, 0) is 36.8 Å². The van der Waals surface area contributed by atoms with Gasteiger partial charge in [0, 0.05) is 18.2 Å². The van der Waals surface area contributed by atoms with Crippen molar-refractivity contribution in [2.75, 3.05) is 13.2 Å². The summed E-state index contributed by atoms with van der Waals surface area (Å²) >= 11 is 5.79. The van der Waals surface area contributed by atoms with Gasteiger partial charge in [0.25, 0.3) is 5.91 Å². The van der Waals surface area contributed by atoms with Gasteiger partial charge in [-0.1, -0.05) is 11.6 Å². The summed E-state index contributed by atoms with van der Waals surface area (Å²) in [5.74, 6) is 0.315. The molecule has 1 aromatic carbocycles. The third-order valence-corrected chi connectivity index (χ3v) is 3.01. The van der Waals surface area contributed by atoms with E-state index >= 15 is 0 Å². The molecule has 0 saturated heterocycles. The largest absolute Gasteiger partial charge is 0.507 e. The maximum absolute atomic E-state index is 11.9. The first-order chi connectivity index (χ1) is 10.2. The van der Waals surface area contributed by atoms with Crippen molar-refractivity contribution in [1.29, 1.82) is 0 Å². The Bertz CT molecular complexity index is 583. The molecule has 2 N–H and O–H groups in total.